The molecule has 0 saturated carbocycles. The van der Waals surface area contributed by atoms with Crippen molar-refractivity contribution in [2.24, 2.45) is 0 Å². The molecule has 0 N–H and O–H groups in total. The number of thiol groups is 1. The number of hydrogen-bond acceptors (Lipinski definition) is 2. The average Bonchev–Trinajstić information content (AvgIpc) is 1.41. The van der Waals surface area contributed by atoms with Gasteiger partial charge in [0.1, 0.15) is 0 Å². The molecule has 0 nitrogen and oxygen atoms in total. The molecule has 0 aromatic rings. The standard InChI is InChI=1S/C3H6S2/c1-2-3-5-4/h2,4H,1,3H2. The van der Waals surface area contributed by atoms with Gasteiger partial charge in [-0.15, -0.1) is 18.2 Å². The van der Waals surface area contributed by atoms with E-state index < -0.39 is 0 Å². The Bertz CT molecular complexity index is 26.1. The number of rotatable bonds is 2. The lowest BCUT2D eigenvalue weighted by molar-refractivity contribution is 1.84. The van der Waals surface area contributed by atoms with Crippen molar-refractivity contribution in [2.45, 2.75) is 0 Å². The van der Waals surface area contributed by atoms with E-state index in [1.165, 1.54) is 10.8 Å². The Kier molecular flexibility index (Phi) is 4.83. The fourth-order valence-electron chi connectivity index (χ4n) is 0.0527. The molecule has 2 heteroatoms. The van der Waals surface area contributed by atoms with E-state index in [4.69, 9.17) is 0 Å². The van der Waals surface area contributed by atoms with Crippen molar-refractivity contribution in [3.8, 4) is 0 Å². The molecule has 0 aromatic heterocycles. The SMILES string of the molecule is C=CCSS. The van der Waals surface area contributed by atoms with Crippen molar-refractivity contribution >= 4 is 22.5 Å². The molecule has 0 bridgehead atoms. The molecule has 30 valence electrons. The summed E-state index contributed by atoms with van der Waals surface area (Å²) in [6, 6.07) is 0. The Hall–Kier alpha value is 0.440. The van der Waals surface area contributed by atoms with Crippen molar-refractivity contribution in [1.82, 2.24) is 0 Å². The minimum absolute atomic E-state index is 0.934. The van der Waals surface area contributed by atoms with E-state index in [-0.39, 0.29) is 0 Å². The van der Waals surface area contributed by atoms with Gasteiger partial charge in [0.15, 0.2) is 0 Å². The third-order valence-electron chi connectivity index (χ3n) is 0.192. The molecule has 0 fully saturated rings. The Labute approximate surface area is 41.5 Å². The maximum absolute atomic E-state index is 3.85. The highest BCUT2D eigenvalue weighted by Crippen LogP contribution is 2.01. The fraction of sp³-hybridized carbons (Fsp3) is 0.333. The van der Waals surface area contributed by atoms with Gasteiger partial charge in [-0.2, -0.15) is 0 Å². The molecule has 0 radical (unpaired) electrons. The first-order chi connectivity index (χ1) is 2.41. The maximum Gasteiger partial charge on any atom is 0.0212 e. The van der Waals surface area contributed by atoms with Crippen LogP contribution in [0.2, 0.25) is 0 Å². The van der Waals surface area contributed by atoms with E-state index >= 15 is 0 Å². The zero-order valence-corrected chi connectivity index (χ0v) is 4.56. The van der Waals surface area contributed by atoms with Crippen LogP contribution < -0.4 is 0 Å². The van der Waals surface area contributed by atoms with Crippen LogP contribution >= 0.6 is 22.5 Å². The first-order valence-corrected chi connectivity index (χ1v) is 3.33. The molecule has 0 saturated heterocycles. The summed E-state index contributed by atoms with van der Waals surface area (Å²) in [5, 5.41) is 0. The summed E-state index contributed by atoms with van der Waals surface area (Å²) in [7, 11) is 1.48. The summed E-state index contributed by atoms with van der Waals surface area (Å²) in [4.78, 5) is 0. The van der Waals surface area contributed by atoms with Crippen LogP contribution in [0.3, 0.4) is 0 Å². The van der Waals surface area contributed by atoms with Gasteiger partial charge in [-0.25, -0.2) is 0 Å². The summed E-state index contributed by atoms with van der Waals surface area (Å²) in [6.07, 6.45) is 1.82. The van der Waals surface area contributed by atoms with Crippen LogP contribution in [0.25, 0.3) is 0 Å². The van der Waals surface area contributed by atoms with Crippen LogP contribution in [0.5, 0.6) is 0 Å². The lowest BCUT2D eigenvalue weighted by Crippen LogP contribution is -1.52. The number of hydrogen-bond donors (Lipinski definition) is 1. The lowest BCUT2D eigenvalue weighted by atomic mass is 10.8. The largest absolute Gasteiger partial charge is 0.111 e. The molecule has 0 aromatic carbocycles. The first kappa shape index (κ1) is 5.44. The van der Waals surface area contributed by atoms with Gasteiger partial charge in [-0.3, -0.25) is 0 Å². The molecule has 5 heavy (non-hydrogen) atoms. The summed E-state index contributed by atoms with van der Waals surface area (Å²) < 4.78 is 0. The van der Waals surface area contributed by atoms with Gasteiger partial charge in [0, 0.05) is 5.75 Å². The lowest BCUT2D eigenvalue weighted by Gasteiger charge is -1.72. The maximum atomic E-state index is 3.85. The highest BCUT2D eigenvalue weighted by molar-refractivity contribution is 8.68. The van der Waals surface area contributed by atoms with Gasteiger partial charge >= 0.3 is 0 Å². The van der Waals surface area contributed by atoms with E-state index in [1.54, 1.807) is 0 Å². The predicted octanol–water partition coefficient (Wildman–Crippen LogP) is 1.75. The second-order valence-electron chi connectivity index (χ2n) is 0.584. The van der Waals surface area contributed by atoms with Gasteiger partial charge in [-0.1, -0.05) is 16.9 Å². The Morgan fingerprint density at radius 2 is 2.60 bits per heavy atom. The molecule has 0 amide bonds. The average molecular weight is 106 g/mol. The molecule has 0 unspecified atom stereocenters. The zero-order chi connectivity index (χ0) is 4.12. The van der Waals surface area contributed by atoms with Crippen LogP contribution in [0, 0.1) is 0 Å². The Morgan fingerprint density at radius 1 is 2.00 bits per heavy atom. The van der Waals surface area contributed by atoms with Crippen LogP contribution in [0.4, 0.5) is 0 Å². The Morgan fingerprint density at radius 3 is 2.60 bits per heavy atom. The summed E-state index contributed by atoms with van der Waals surface area (Å²) in [5.74, 6) is 0.934. The molecule has 0 rings (SSSR count). The zero-order valence-electron chi connectivity index (χ0n) is 2.85. The third kappa shape index (κ3) is 4.44. The summed E-state index contributed by atoms with van der Waals surface area (Å²) in [6.45, 7) is 3.48. The van der Waals surface area contributed by atoms with Gasteiger partial charge in [0.2, 0.25) is 0 Å². The summed E-state index contributed by atoms with van der Waals surface area (Å²) in [5.41, 5.74) is 0. The normalized spacial score (nSPS) is 7.40. The highest BCUT2D eigenvalue weighted by Gasteiger charge is 1.62. The molecule has 0 aliphatic heterocycles. The van der Waals surface area contributed by atoms with E-state index in [1.807, 2.05) is 6.08 Å². The van der Waals surface area contributed by atoms with Crippen molar-refractivity contribution < 1.29 is 0 Å². The molecular weight excluding hydrogens is 100 g/mol. The second-order valence-corrected chi connectivity index (χ2v) is 1.95. The van der Waals surface area contributed by atoms with Crippen molar-refractivity contribution in [2.75, 3.05) is 5.75 Å². The van der Waals surface area contributed by atoms with Crippen molar-refractivity contribution in [3.63, 3.8) is 0 Å². The molecule has 0 heterocycles. The quantitative estimate of drug-likeness (QED) is 0.318. The third-order valence-corrected chi connectivity index (χ3v) is 1.02. The van der Waals surface area contributed by atoms with Gasteiger partial charge in [0.25, 0.3) is 0 Å². The second kappa shape index (κ2) is 4.44. The summed E-state index contributed by atoms with van der Waals surface area (Å²) >= 11 is 3.85. The predicted molar refractivity (Wildman–Crippen MR) is 31.6 cm³/mol. The fourth-order valence-corrected chi connectivity index (χ4v) is 0.474. The van der Waals surface area contributed by atoms with E-state index in [2.05, 4.69) is 18.2 Å². The van der Waals surface area contributed by atoms with Gasteiger partial charge < -0.3 is 0 Å². The highest BCUT2D eigenvalue weighted by atomic mass is 33.1. The molecular formula is C3H6S2. The van der Waals surface area contributed by atoms with E-state index in [0.29, 0.717) is 0 Å². The van der Waals surface area contributed by atoms with Crippen LogP contribution in [0.1, 0.15) is 0 Å². The van der Waals surface area contributed by atoms with Crippen LogP contribution in [0.15, 0.2) is 12.7 Å². The molecule has 0 aliphatic rings. The smallest absolute Gasteiger partial charge is 0.0212 e. The monoisotopic (exact) mass is 106 g/mol. The van der Waals surface area contributed by atoms with Crippen LogP contribution in [-0.2, 0) is 0 Å². The van der Waals surface area contributed by atoms with Gasteiger partial charge in [-0.05, 0) is 0 Å². The Balaban J connectivity index is 2.40. The van der Waals surface area contributed by atoms with Crippen LogP contribution in [-0.4, -0.2) is 5.75 Å². The van der Waals surface area contributed by atoms with E-state index in [0.717, 1.165) is 5.75 Å². The topological polar surface area (TPSA) is 0 Å². The molecule has 0 atom stereocenters. The van der Waals surface area contributed by atoms with E-state index in [9.17, 15) is 0 Å². The molecule has 0 spiro atoms. The van der Waals surface area contributed by atoms with Gasteiger partial charge in [0.05, 0.1) is 0 Å². The van der Waals surface area contributed by atoms with Crippen molar-refractivity contribution in [1.29, 1.82) is 0 Å². The minimum atomic E-state index is 0.934. The minimum Gasteiger partial charge on any atom is -0.111 e. The van der Waals surface area contributed by atoms with Crippen molar-refractivity contribution in [3.05, 3.63) is 12.7 Å². The molecule has 0 aliphatic carbocycles. The first-order valence-electron chi connectivity index (χ1n) is 1.29.